The van der Waals surface area contributed by atoms with Gasteiger partial charge in [-0.3, -0.25) is 4.79 Å². The molecule has 0 radical (unpaired) electrons. The summed E-state index contributed by atoms with van der Waals surface area (Å²) >= 11 is 11.9. The molecule has 0 aliphatic rings. The smallest absolute Gasteiger partial charge is 0.271 e. The minimum absolute atomic E-state index is 0.273. The number of benzene rings is 2. The second kappa shape index (κ2) is 7.55. The number of furan rings is 1. The Morgan fingerprint density at radius 1 is 1.08 bits per heavy atom. The first-order valence-corrected chi connectivity index (χ1v) is 8.24. The van der Waals surface area contributed by atoms with Crippen molar-refractivity contribution >= 4 is 35.3 Å². The van der Waals surface area contributed by atoms with Gasteiger partial charge in [-0.2, -0.15) is 5.10 Å². The zero-order chi connectivity index (χ0) is 17.8. The lowest BCUT2D eigenvalue weighted by Crippen LogP contribution is -2.18. The van der Waals surface area contributed by atoms with Crippen LogP contribution in [0.15, 0.2) is 64.1 Å². The molecule has 0 fully saturated rings. The average Bonchev–Trinajstić information content (AvgIpc) is 3.06. The highest BCUT2D eigenvalue weighted by atomic mass is 35.5. The monoisotopic (exact) mass is 372 g/mol. The summed E-state index contributed by atoms with van der Waals surface area (Å²) in [5.74, 6) is 0.863. The summed E-state index contributed by atoms with van der Waals surface area (Å²) in [4.78, 5) is 12.1. The number of nitrogens with one attached hydrogen (secondary N) is 1. The fourth-order valence-corrected chi connectivity index (χ4v) is 2.57. The van der Waals surface area contributed by atoms with E-state index in [0.29, 0.717) is 27.1 Å². The van der Waals surface area contributed by atoms with Crippen LogP contribution >= 0.6 is 23.2 Å². The van der Waals surface area contributed by atoms with Gasteiger partial charge < -0.3 is 4.42 Å². The molecule has 2 aromatic carbocycles. The van der Waals surface area contributed by atoms with Gasteiger partial charge in [-0.15, -0.1) is 0 Å². The van der Waals surface area contributed by atoms with Gasteiger partial charge in [0.1, 0.15) is 11.5 Å². The fourth-order valence-electron chi connectivity index (χ4n) is 2.27. The van der Waals surface area contributed by atoms with Gasteiger partial charge in [0.25, 0.3) is 5.91 Å². The summed E-state index contributed by atoms with van der Waals surface area (Å²) in [5, 5.41) is 4.87. The highest BCUT2D eigenvalue weighted by molar-refractivity contribution is 6.42. The van der Waals surface area contributed by atoms with Crippen LogP contribution in [-0.2, 0) is 0 Å². The SMILES string of the molecule is Cc1ccccc1C(=O)N/N=C\c1ccc(-c2ccc(Cl)c(Cl)c2)o1. The van der Waals surface area contributed by atoms with E-state index >= 15 is 0 Å². The van der Waals surface area contributed by atoms with E-state index in [-0.39, 0.29) is 5.91 Å². The van der Waals surface area contributed by atoms with Crippen molar-refractivity contribution in [3.63, 3.8) is 0 Å². The summed E-state index contributed by atoms with van der Waals surface area (Å²) in [6.07, 6.45) is 1.44. The molecule has 25 heavy (non-hydrogen) atoms. The van der Waals surface area contributed by atoms with Crippen LogP contribution in [0.3, 0.4) is 0 Å². The van der Waals surface area contributed by atoms with Crippen LogP contribution in [0.5, 0.6) is 0 Å². The summed E-state index contributed by atoms with van der Waals surface area (Å²) in [6, 6.07) is 16.1. The number of halogens is 2. The van der Waals surface area contributed by atoms with E-state index < -0.39 is 0 Å². The second-order valence-electron chi connectivity index (χ2n) is 5.34. The topological polar surface area (TPSA) is 54.6 Å². The summed E-state index contributed by atoms with van der Waals surface area (Å²) in [6.45, 7) is 1.87. The Balaban J connectivity index is 1.69. The standard InChI is InChI=1S/C19H14Cl2N2O2/c1-12-4-2-3-5-15(12)19(24)23-22-11-14-7-9-18(25-14)13-6-8-16(20)17(21)10-13/h2-11H,1H3,(H,23,24)/b22-11-. The van der Waals surface area contributed by atoms with Crippen molar-refractivity contribution in [2.45, 2.75) is 6.92 Å². The van der Waals surface area contributed by atoms with Crippen LogP contribution in [0, 0.1) is 6.92 Å². The molecule has 126 valence electrons. The lowest BCUT2D eigenvalue weighted by molar-refractivity contribution is 0.0954. The molecular formula is C19H14Cl2N2O2. The molecule has 0 aliphatic carbocycles. The van der Waals surface area contributed by atoms with Gasteiger partial charge in [0, 0.05) is 11.1 Å². The first-order chi connectivity index (χ1) is 12.0. The third kappa shape index (κ3) is 4.10. The molecule has 0 spiro atoms. The predicted molar refractivity (Wildman–Crippen MR) is 100 cm³/mol. The van der Waals surface area contributed by atoms with Gasteiger partial charge in [0.05, 0.1) is 16.3 Å². The van der Waals surface area contributed by atoms with Crippen LogP contribution in [0.4, 0.5) is 0 Å². The Morgan fingerprint density at radius 2 is 1.88 bits per heavy atom. The molecule has 1 amide bonds. The van der Waals surface area contributed by atoms with Crippen LogP contribution in [0.2, 0.25) is 10.0 Å². The van der Waals surface area contributed by atoms with Crippen molar-refractivity contribution in [1.82, 2.24) is 5.43 Å². The van der Waals surface area contributed by atoms with E-state index in [0.717, 1.165) is 11.1 Å². The average molecular weight is 373 g/mol. The molecule has 0 unspecified atom stereocenters. The van der Waals surface area contributed by atoms with Gasteiger partial charge in [-0.1, -0.05) is 41.4 Å². The fraction of sp³-hybridized carbons (Fsp3) is 0.0526. The number of aryl methyl sites for hydroxylation is 1. The molecular weight excluding hydrogens is 359 g/mol. The first-order valence-electron chi connectivity index (χ1n) is 7.49. The predicted octanol–water partition coefficient (Wildman–Crippen LogP) is 5.33. The Morgan fingerprint density at radius 3 is 2.64 bits per heavy atom. The minimum atomic E-state index is -0.273. The molecule has 6 heteroatoms. The highest BCUT2D eigenvalue weighted by Gasteiger charge is 2.08. The Labute approximate surface area is 155 Å². The van der Waals surface area contributed by atoms with Crippen molar-refractivity contribution in [3.05, 3.63) is 81.5 Å². The van der Waals surface area contributed by atoms with Crippen molar-refractivity contribution in [3.8, 4) is 11.3 Å². The van der Waals surface area contributed by atoms with Gasteiger partial charge in [0.15, 0.2) is 0 Å². The molecule has 0 bridgehead atoms. The van der Waals surface area contributed by atoms with E-state index in [1.54, 1.807) is 30.3 Å². The Kier molecular flexibility index (Phi) is 5.22. The van der Waals surface area contributed by atoms with Gasteiger partial charge in [-0.25, -0.2) is 5.43 Å². The van der Waals surface area contributed by atoms with Crippen LogP contribution in [-0.4, -0.2) is 12.1 Å². The van der Waals surface area contributed by atoms with Crippen LogP contribution in [0.1, 0.15) is 21.7 Å². The van der Waals surface area contributed by atoms with Crippen molar-refractivity contribution in [2.75, 3.05) is 0 Å². The molecule has 1 N–H and O–H groups in total. The molecule has 0 saturated carbocycles. The number of carbonyl (C=O) groups is 1. The van der Waals surface area contributed by atoms with E-state index in [4.69, 9.17) is 27.6 Å². The number of hydrogen-bond donors (Lipinski definition) is 1. The molecule has 0 saturated heterocycles. The number of rotatable bonds is 4. The number of hydrazone groups is 1. The van der Waals surface area contributed by atoms with Crippen LogP contribution in [0.25, 0.3) is 11.3 Å². The molecule has 1 aromatic heterocycles. The molecule has 1 heterocycles. The Hall–Kier alpha value is -2.56. The van der Waals surface area contributed by atoms with Crippen molar-refractivity contribution in [1.29, 1.82) is 0 Å². The Bertz CT molecular complexity index is 948. The van der Waals surface area contributed by atoms with E-state index in [9.17, 15) is 4.79 Å². The molecule has 3 aromatic rings. The molecule has 4 nitrogen and oxygen atoms in total. The van der Waals surface area contributed by atoms with E-state index in [2.05, 4.69) is 10.5 Å². The normalized spacial score (nSPS) is 11.0. The number of hydrogen-bond acceptors (Lipinski definition) is 3. The number of nitrogens with zero attached hydrogens (tertiary/aromatic N) is 1. The maximum atomic E-state index is 12.1. The maximum Gasteiger partial charge on any atom is 0.271 e. The summed E-state index contributed by atoms with van der Waals surface area (Å²) in [7, 11) is 0. The summed E-state index contributed by atoms with van der Waals surface area (Å²) in [5.41, 5.74) is 4.75. The molecule has 0 atom stereocenters. The third-order valence-electron chi connectivity index (χ3n) is 3.58. The van der Waals surface area contributed by atoms with E-state index in [1.165, 1.54) is 6.21 Å². The first kappa shape index (κ1) is 17.3. The number of carbonyl (C=O) groups excluding carboxylic acids is 1. The third-order valence-corrected chi connectivity index (χ3v) is 4.32. The molecule has 0 aliphatic heterocycles. The largest absolute Gasteiger partial charge is 0.455 e. The second-order valence-corrected chi connectivity index (χ2v) is 6.16. The quantitative estimate of drug-likeness (QED) is 0.497. The number of amides is 1. The van der Waals surface area contributed by atoms with Crippen LogP contribution < -0.4 is 5.43 Å². The summed E-state index contributed by atoms with van der Waals surface area (Å²) < 4.78 is 5.67. The van der Waals surface area contributed by atoms with E-state index in [1.807, 2.05) is 31.2 Å². The van der Waals surface area contributed by atoms with Gasteiger partial charge >= 0.3 is 0 Å². The lowest BCUT2D eigenvalue weighted by Gasteiger charge is -2.02. The minimum Gasteiger partial charge on any atom is -0.455 e. The van der Waals surface area contributed by atoms with Gasteiger partial charge in [0.2, 0.25) is 0 Å². The van der Waals surface area contributed by atoms with Crippen molar-refractivity contribution < 1.29 is 9.21 Å². The zero-order valence-corrected chi connectivity index (χ0v) is 14.8. The molecule has 3 rings (SSSR count). The zero-order valence-electron chi connectivity index (χ0n) is 13.3. The highest BCUT2D eigenvalue weighted by Crippen LogP contribution is 2.29. The lowest BCUT2D eigenvalue weighted by atomic mass is 10.1. The van der Waals surface area contributed by atoms with Crippen molar-refractivity contribution in [2.24, 2.45) is 5.10 Å². The van der Waals surface area contributed by atoms with Gasteiger partial charge in [-0.05, 0) is 48.9 Å². The maximum absolute atomic E-state index is 12.1.